The third-order valence-corrected chi connectivity index (χ3v) is 3.92. The summed E-state index contributed by atoms with van der Waals surface area (Å²) in [5.41, 5.74) is 4.28. The van der Waals surface area contributed by atoms with Crippen LogP contribution >= 0.6 is 0 Å². The first-order valence-electron chi connectivity index (χ1n) is 6.97. The van der Waals surface area contributed by atoms with Gasteiger partial charge < -0.3 is 9.88 Å². The summed E-state index contributed by atoms with van der Waals surface area (Å²) >= 11 is 0. The highest BCUT2D eigenvalue weighted by molar-refractivity contribution is 5.37. The van der Waals surface area contributed by atoms with E-state index in [0.29, 0.717) is 6.04 Å². The van der Waals surface area contributed by atoms with Gasteiger partial charge in [0.15, 0.2) is 0 Å². The van der Waals surface area contributed by atoms with E-state index in [2.05, 4.69) is 52.1 Å². The molecule has 3 rings (SSSR count). The lowest BCUT2D eigenvalue weighted by atomic mass is 10.1. The molecule has 2 aromatic rings. The molecule has 1 aromatic carbocycles. The van der Waals surface area contributed by atoms with Crippen LogP contribution in [0.4, 0.5) is 0 Å². The minimum Gasteiger partial charge on any atom is -0.317 e. The fourth-order valence-corrected chi connectivity index (χ4v) is 2.83. The number of fused-ring (bicyclic) bond motifs is 1. The minimum absolute atomic E-state index is 0.455. The van der Waals surface area contributed by atoms with E-state index in [1.54, 1.807) is 6.33 Å². The topological polar surface area (TPSA) is 42.7 Å². The van der Waals surface area contributed by atoms with Crippen LogP contribution < -0.4 is 5.32 Å². The summed E-state index contributed by atoms with van der Waals surface area (Å²) in [7, 11) is 0. The van der Waals surface area contributed by atoms with E-state index in [4.69, 9.17) is 0 Å². The molecule has 0 saturated carbocycles. The maximum atomic E-state index is 4.17. The number of benzene rings is 1. The molecule has 0 saturated heterocycles. The number of rotatable bonds is 4. The van der Waals surface area contributed by atoms with Crippen molar-refractivity contribution in [2.75, 3.05) is 0 Å². The van der Waals surface area contributed by atoms with Crippen molar-refractivity contribution in [1.82, 2.24) is 20.1 Å². The zero-order chi connectivity index (χ0) is 13.2. The lowest BCUT2D eigenvalue weighted by molar-refractivity contribution is 0.506. The van der Waals surface area contributed by atoms with Crippen molar-refractivity contribution >= 4 is 0 Å². The summed E-state index contributed by atoms with van der Waals surface area (Å²) < 4.78 is 2.08. The molecule has 1 aliphatic carbocycles. The van der Waals surface area contributed by atoms with Crippen molar-refractivity contribution in [1.29, 1.82) is 0 Å². The Morgan fingerprint density at radius 1 is 1.42 bits per heavy atom. The van der Waals surface area contributed by atoms with Crippen LogP contribution in [0.5, 0.6) is 0 Å². The maximum Gasteiger partial charge on any atom is 0.146 e. The number of hydrogen-bond acceptors (Lipinski definition) is 3. The summed E-state index contributed by atoms with van der Waals surface area (Å²) in [5, 5.41) is 11.8. The fourth-order valence-electron chi connectivity index (χ4n) is 2.83. The molecule has 1 heterocycles. The molecule has 0 fully saturated rings. The predicted octanol–water partition coefficient (Wildman–Crippen LogP) is 2.38. The highest BCUT2D eigenvalue weighted by Crippen LogP contribution is 2.31. The van der Waals surface area contributed by atoms with Crippen LogP contribution in [0.2, 0.25) is 0 Å². The molecule has 0 spiro atoms. The first kappa shape index (κ1) is 12.4. The van der Waals surface area contributed by atoms with E-state index in [1.165, 1.54) is 29.5 Å². The molecule has 1 aliphatic rings. The summed E-state index contributed by atoms with van der Waals surface area (Å²) in [5.74, 6) is 1.02. The lowest BCUT2D eigenvalue weighted by Crippen LogP contribution is -2.21. The minimum atomic E-state index is 0.455. The second kappa shape index (κ2) is 5.13. The van der Waals surface area contributed by atoms with Crippen LogP contribution in [0.1, 0.15) is 41.9 Å². The van der Waals surface area contributed by atoms with Gasteiger partial charge in [0.1, 0.15) is 12.2 Å². The van der Waals surface area contributed by atoms with Gasteiger partial charge in [-0.2, -0.15) is 0 Å². The van der Waals surface area contributed by atoms with Gasteiger partial charge in [-0.3, -0.25) is 0 Å². The molecule has 1 N–H and O–H groups in total. The van der Waals surface area contributed by atoms with Gasteiger partial charge in [0.25, 0.3) is 0 Å². The normalized spacial score (nSPS) is 17.7. The van der Waals surface area contributed by atoms with E-state index in [1.807, 2.05) is 0 Å². The highest BCUT2D eigenvalue weighted by Gasteiger charge is 2.22. The second-order valence-electron chi connectivity index (χ2n) is 5.21. The van der Waals surface area contributed by atoms with E-state index in [9.17, 15) is 0 Å². The molecule has 1 unspecified atom stereocenters. The molecule has 4 nitrogen and oxygen atoms in total. The zero-order valence-corrected chi connectivity index (χ0v) is 11.6. The Balaban J connectivity index is 1.71. The number of nitrogens with zero attached hydrogens (tertiary/aromatic N) is 3. The van der Waals surface area contributed by atoms with Crippen LogP contribution in [-0.4, -0.2) is 14.8 Å². The third-order valence-electron chi connectivity index (χ3n) is 3.92. The molecule has 0 amide bonds. The number of nitrogens with one attached hydrogen (secondary N) is 1. The summed E-state index contributed by atoms with van der Waals surface area (Å²) in [6.45, 7) is 5.97. The summed E-state index contributed by atoms with van der Waals surface area (Å²) in [4.78, 5) is 0. The van der Waals surface area contributed by atoms with Crippen LogP contribution in [0.3, 0.4) is 0 Å². The predicted molar refractivity (Wildman–Crippen MR) is 74.8 cm³/mol. The molecular weight excluding hydrogens is 236 g/mol. The van der Waals surface area contributed by atoms with Gasteiger partial charge in [-0.1, -0.05) is 23.8 Å². The van der Waals surface area contributed by atoms with E-state index >= 15 is 0 Å². The standard InChI is InChI=1S/C15H20N4/c1-3-19-10-17-18-15(19)9-16-14-7-6-12-5-4-11(2)8-13(12)14/h4-5,8,10,14,16H,3,6-7,9H2,1-2H3. The van der Waals surface area contributed by atoms with Gasteiger partial charge in [-0.15, -0.1) is 10.2 Å². The van der Waals surface area contributed by atoms with Gasteiger partial charge in [-0.25, -0.2) is 0 Å². The Morgan fingerprint density at radius 2 is 2.32 bits per heavy atom. The summed E-state index contributed by atoms with van der Waals surface area (Å²) in [6, 6.07) is 7.23. The van der Waals surface area contributed by atoms with Gasteiger partial charge in [-0.05, 0) is 37.8 Å². The highest BCUT2D eigenvalue weighted by atomic mass is 15.3. The molecule has 4 heteroatoms. The van der Waals surface area contributed by atoms with Crippen LogP contribution in [0.25, 0.3) is 0 Å². The smallest absolute Gasteiger partial charge is 0.146 e. The maximum absolute atomic E-state index is 4.17. The molecule has 1 atom stereocenters. The first-order valence-corrected chi connectivity index (χ1v) is 6.97. The average molecular weight is 256 g/mol. The van der Waals surface area contributed by atoms with Gasteiger partial charge in [0.2, 0.25) is 0 Å². The van der Waals surface area contributed by atoms with E-state index in [0.717, 1.165) is 18.9 Å². The Bertz CT molecular complexity index is 573. The Kier molecular flexibility index (Phi) is 3.34. The van der Waals surface area contributed by atoms with Crippen molar-refractivity contribution in [3.63, 3.8) is 0 Å². The Labute approximate surface area is 113 Å². The first-order chi connectivity index (χ1) is 9.28. The SMILES string of the molecule is CCn1cnnc1CNC1CCc2ccc(C)cc21. The lowest BCUT2D eigenvalue weighted by Gasteiger charge is -2.14. The second-order valence-corrected chi connectivity index (χ2v) is 5.21. The van der Waals surface area contributed by atoms with E-state index < -0.39 is 0 Å². The quantitative estimate of drug-likeness (QED) is 0.913. The van der Waals surface area contributed by atoms with Crippen molar-refractivity contribution in [3.05, 3.63) is 47.0 Å². The number of aryl methyl sites for hydroxylation is 3. The molecular formula is C15H20N4. The van der Waals surface area contributed by atoms with Crippen molar-refractivity contribution in [2.45, 2.75) is 45.8 Å². The van der Waals surface area contributed by atoms with Crippen LogP contribution in [-0.2, 0) is 19.5 Å². The molecule has 19 heavy (non-hydrogen) atoms. The number of aromatic nitrogens is 3. The largest absolute Gasteiger partial charge is 0.317 e. The number of hydrogen-bond donors (Lipinski definition) is 1. The zero-order valence-electron chi connectivity index (χ0n) is 11.6. The monoisotopic (exact) mass is 256 g/mol. The average Bonchev–Trinajstić information content (AvgIpc) is 3.02. The fraction of sp³-hybridized carbons (Fsp3) is 0.467. The van der Waals surface area contributed by atoms with Crippen LogP contribution in [0.15, 0.2) is 24.5 Å². The third kappa shape index (κ3) is 2.40. The molecule has 0 radical (unpaired) electrons. The van der Waals surface area contributed by atoms with Crippen LogP contribution in [0, 0.1) is 6.92 Å². The van der Waals surface area contributed by atoms with Crippen molar-refractivity contribution in [2.24, 2.45) is 0 Å². The van der Waals surface area contributed by atoms with Crippen molar-refractivity contribution < 1.29 is 0 Å². The Morgan fingerprint density at radius 3 is 3.16 bits per heavy atom. The molecule has 0 aliphatic heterocycles. The van der Waals surface area contributed by atoms with Gasteiger partial charge >= 0.3 is 0 Å². The van der Waals surface area contributed by atoms with E-state index in [-0.39, 0.29) is 0 Å². The summed E-state index contributed by atoms with van der Waals surface area (Å²) in [6.07, 6.45) is 4.15. The molecule has 1 aromatic heterocycles. The molecule has 0 bridgehead atoms. The Hall–Kier alpha value is -1.68. The van der Waals surface area contributed by atoms with Crippen molar-refractivity contribution in [3.8, 4) is 0 Å². The molecule has 100 valence electrons. The van der Waals surface area contributed by atoms with Gasteiger partial charge in [0.05, 0.1) is 6.54 Å². The van der Waals surface area contributed by atoms with Gasteiger partial charge in [0, 0.05) is 12.6 Å².